The smallest absolute Gasteiger partial charge is 0.237 e. The largest absolute Gasteiger partial charge is 0.352 e. The van der Waals surface area contributed by atoms with Gasteiger partial charge in [-0.05, 0) is 78.2 Å². The molecule has 0 bridgehead atoms. The first-order valence-corrected chi connectivity index (χ1v) is 9.93. The van der Waals surface area contributed by atoms with E-state index in [-0.39, 0.29) is 29.4 Å². The molecule has 3 rings (SSSR count). The van der Waals surface area contributed by atoms with E-state index in [0.29, 0.717) is 18.0 Å². The highest BCUT2D eigenvalue weighted by molar-refractivity contribution is 5.83. The molecule has 2 amide bonds. The molecule has 2 saturated heterocycles. The summed E-state index contributed by atoms with van der Waals surface area (Å²) < 4.78 is 0. The molecule has 142 valence electrons. The summed E-state index contributed by atoms with van der Waals surface area (Å²) in [6, 6.07) is 0.640. The molecule has 6 heteroatoms. The van der Waals surface area contributed by atoms with E-state index in [4.69, 9.17) is 0 Å². The van der Waals surface area contributed by atoms with Gasteiger partial charge in [0.25, 0.3) is 0 Å². The Hall–Kier alpha value is -1.14. The molecule has 5 unspecified atom stereocenters. The third kappa shape index (κ3) is 4.94. The molecule has 2 heterocycles. The van der Waals surface area contributed by atoms with Gasteiger partial charge in [-0.1, -0.05) is 0 Å². The van der Waals surface area contributed by atoms with Crippen molar-refractivity contribution in [1.29, 1.82) is 0 Å². The second-order valence-electron chi connectivity index (χ2n) is 9.07. The van der Waals surface area contributed by atoms with Crippen LogP contribution in [0.5, 0.6) is 0 Å². The van der Waals surface area contributed by atoms with E-state index < -0.39 is 0 Å². The summed E-state index contributed by atoms with van der Waals surface area (Å²) in [6.07, 6.45) is 7.23. The predicted octanol–water partition coefficient (Wildman–Crippen LogP) is 1.06. The molecule has 3 aliphatic rings. The fourth-order valence-electron chi connectivity index (χ4n) is 4.53. The topological polar surface area (TPSA) is 82.3 Å². The van der Waals surface area contributed by atoms with Crippen molar-refractivity contribution in [2.24, 2.45) is 5.92 Å². The molecule has 6 nitrogen and oxygen atoms in total. The van der Waals surface area contributed by atoms with Crippen molar-refractivity contribution < 1.29 is 9.59 Å². The first-order valence-electron chi connectivity index (χ1n) is 9.93. The van der Waals surface area contributed by atoms with Crippen molar-refractivity contribution in [1.82, 2.24) is 21.3 Å². The first-order chi connectivity index (χ1) is 11.8. The van der Waals surface area contributed by atoms with E-state index in [2.05, 4.69) is 21.3 Å². The SMILES string of the molecule is CC(C)(C)NC(=O)C1CCC(C2CCC(NC(=O)C3CCCN3)C2)N1. The maximum atomic E-state index is 12.3. The molecule has 0 aromatic heterocycles. The van der Waals surface area contributed by atoms with Crippen LogP contribution in [0.4, 0.5) is 0 Å². The van der Waals surface area contributed by atoms with E-state index in [1.165, 1.54) is 0 Å². The van der Waals surface area contributed by atoms with Gasteiger partial charge in [0.15, 0.2) is 0 Å². The quantitative estimate of drug-likeness (QED) is 0.611. The van der Waals surface area contributed by atoms with E-state index in [1.807, 2.05) is 20.8 Å². The van der Waals surface area contributed by atoms with Crippen LogP contribution < -0.4 is 21.3 Å². The Kier molecular flexibility index (Phi) is 5.68. The molecule has 0 aromatic rings. The fraction of sp³-hybridized carbons (Fsp3) is 0.895. The third-order valence-corrected chi connectivity index (χ3v) is 5.76. The van der Waals surface area contributed by atoms with E-state index in [1.54, 1.807) is 0 Å². The molecule has 0 radical (unpaired) electrons. The van der Waals surface area contributed by atoms with Crippen LogP contribution in [0.1, 0.15) is 65.7 Å². The van der Waals surface area contributed by atoms with Crippen molar-refractivity contribution in [3.63, 3.8) is 0 Å². The second kappa shape index (κ2) is 7.62. The van der Waals surface area contributed by atoms with Crippen LogP contribution in [0.25, 0.3) is 0 Å². The minimum absolute atomic E-state index is 0.00845. The van der Waals surface area contributed by atoms with Gasteiger partial charge in [0.1, 0.15) is 0 Å². The lowest BCUT2D eigenvalue weighted by atomic mass is 9.96. The predicted molar refractivity (Wildman–Crippen MR) is 98.1 cm³/mol. The highest BCUT2D eigenvalue weighted by Gasteiger charge is 2.38. The molecule has 3 fully saturated rings. The van der Waals surface area contributed by atoms with Gasteiger partial charge >= 0.3 is 0 Å². The van der Waals surface area contributed by atoms with Crippen LogP contribution in [0.3, 0.4) is 0 Å². The van der Waals surface area contributed by atoms with Gasteiger partial charge in [0, 0.05) is 17.6 Å². The lowest BCUT2D eigenvalue weighted by Crippen LogP contribution is -2.50. The molecule has 0 spiro atoms. The zero-order valence-electron chi connectivity index (χ0n) is 15.9. The highest BCUT2D eigenvalue weighted by Crippen LogP contribution is 2.33. The summed E-state index contributed by atoms with van der Waals surface area (Å²) in [5.74, 6) is 0.851. The maximum Gasteiger partial charge on any atom is 0.237 e. The summed E-state index contributed by atoms with van der Waals surface area (Å²) in [5.41, 5.74) is -0.187. The molecule has 1 saturated carbocycles. The number of carbonyl (C=O) groups excluding carboxylic acids is 2. The van der Waals surface area contributed by atoms with Gasteiger partial charge in [0.05, 0.1) is 12.1 Å². The molecule has 25 heavy (non-hydrogen) atoms. The number of rotatable bonds is 4. The standard InChI is InChI=1S/C19H34N4O2/c1-19(2,3)23-18(25)16-9-8-14(22-16)12-6-7-13(11-12)21-17(24)15-5-4-10-20-15/h12-16,20,22H,4-11H2,1-3H3,(H,21,24)(H,23,25). The van der Waals surface area contributed by atoms with Crippen LogP contribution in [0.2, 0.25) is 0 Å². The minimum atomic E-state index is -0.187. The fourth-order valence-corrected chi connectivity index (χ4v) is 4.53. The number of nitrogens with one attached hydrogen (secondary N) is 4. The molecule has 1 aliphatic carbocycles. The van der Waals surface area contributed by atoms with E-state index >= 15 is 0 Å². The summed E-state index contributed by atoms with van der Waals surface area (Å²) in [4.78, 5) is 24.6. The van der Waals surface area contributed by atoms with Gasteiger partial charge in [-0.2, -0.15) is 0 Å². The van der Waals surface area contributed by atoms with Crippen LogP contribution >= 0.6 is 0 Å². The Bertz CT molecular complexity index is 496. The van der Waals surface area contributed by atoms with Crippen molar-refractivity contribution in [2.45, 2.75) is 95.4 Å². The van der Waals surface area contributed by atoms with Gasteiger partial charge in [-0.3, -0.25) is 9.59 Å². The lowest BCUT2D eigenvalue weighted by Gasteiger charge is -2.25. The normalized spacial score (nSPS) is 35.7. The highest BCUT2D eigenvalue weighted by atomic mass is 16.2. The van der Waals surface area contributed by atoms with Crippen molar-refractivity contribution in [3.8, 4) is 0 Å². The number of hydrogen-bond acceptors (Lipinski definition) is 4. The zero-order valence-corrected chi connectivity index (χ0v) is 15.9. The average Bonchev–Trinajstić information content (AvgIpc) is 3.26. The van der Waals surface area contributed by atoms with Gasteiger partial charge in [-0.15, -0.1) is 0 Å². The second-order valence-corrected chi connectivity index (χ2v) is 9.07. The van der Waals surface area contributed by atoms with Gasteiger partial charge < -0.3 is 21.3 Å². The van der Waals surface area contributed by atoms with Crippen LogP contribution in [0.15, 0.2) is 0 Å². The van der Waals surface area contributed by atoms with Crippen LogP contribution in [0, 0.1) is 5.92 Å². The number of amides is 2. The zero-order chi connectivity index (χ0) is 18.0. The molecule has 2 aliphatic heterocycles. The number of hydrogen-bond donors (Lipinski definition) is 4. The Balaban J connectivity index is 1.43. The first kappa shape index (κ1) is 18.6. The van der Waals surface area contributed by atoms with Crippen molar-refractivity contribution in [3.05, 3.63) is 0 Å². The summed E-state index contributed by atoms with van der Waals surface area (Å²) in [5, 5.41) is 13.1. The summed E-state index contributed by atoms with van der Waals surface area (Å²) in [6.45, 7) is 7.00. The van der Waals surface area contributed by atoms with E-state index in [9.17, 15) is 9.59 Å². The lowest BCUT2D eigenvalue weighted by molar-refractivity contribution is -0.124. The molecular formula is C19H34N4O2. The minimum Gasteiger partial charge on any atom is -0.352 e. The van der Waals surface area contributed by atoms with Crippen molar-refractivity contribution >= 4 is 11.8 Å². The van der Waals surface area contributed by atoms with Crippen LogP contribution in [-0.2, 0) is 9.59 Å². The Morgan fingerprint density at radius 3 is 2.44 bits per heavy atom. The molecule has 4 N–H and O–H groups in total. The molecule has 5 atom stereocenters. The van der Waals surface area contributed by atoms with Crippen molar-refractivity contribution in [2.75, 3.05) is 6.54 Å². The Morgan fingerprint density at radius 1 is 0.960 bits per heavy atom. The van der Waals surface area contributed by atoms with E-state index in [0.717, 1.165) is 51.5 Å². The third-order valence-electron chi connectivity index (χ3n) is 5.76. The summed E-state index contributed by atoms with van der Waals surface area (Å²) in [7, 11) is 0. The average molecular weight is 351 g/mol. The van der Waals surface area contributed by atoms with Gasteiger partial charge in [-0.25, -0.2) is 0 Å². The maximum absolute atomic E-state index is 12.3. The Morgan fingerprint density at radius 2 is 1.76 bits per heavy atom. The Labute approximate surface area is 151 Å². The summed E-state index contributed by atoms with van der Waals surface area (Å²) >= 11 is 0. The van der Waals surface area contributed by atoms with Crippen LogP contribution in [-0.4, -0.2) is 48.1 Å². The molecular weight excluding hydrogens is 316 g/mol. The number of carbonyl (C=O) groups is 2. The van der Waals surface area contributed by atoms with Gasteiger partial charge in [0.2, 0.25) is 11.8 Å². The molecule has 0 aromatic carbocycles. The monoisotopic (exact) mass is 350 g/mol.